The Kier molecular flexibility index (Phi) is 4.40. The fourth-order valence-electron chi connectivity index (χ4n) is 4.26. The number of piperidine rings is 1. The van der Waals surface area contributed by atoms with Crippen molar-refractivity contribution >= 4 is 22.4 Å². The number of aryl methyl sites for hydroxylation is 2. The number of benzene rings is 1. The molecular formula is C21H26N6O2. The van der Waals surface area contributed by atoms with Crippen LogP contribution in [0.25, 0.3) is 16.7 Å². The molecule has 0 aliphatic carbocycles. The van der Waals surface area contributed by atoms with E-state index in [1.54, 1.807) is 0 Å². The third kappa shape index (κ3) is 3.32. The van der Waals surface area contributed by atoms with Crippen LogP contribution in [0.1, 0.15) is 24.2 Å². The molecule has 0 atom stereocenters. The standard InChI is InChI=1S/C21H26N6O2/c1-13-7-15-10-22-27(19(15)8-18(13)25-5-3-16(28)4-6-25)21-9-20(23-14(2)24-21)26-11-17(29)12-26/h7-10,16-17,28-29H,3-6,11-12H2,1-2H3. The molecule has 8 heteroatoms. The van der Waals surface area contributed by atoms with Gasteiger partial charge in [-0.05, 0) is 44.4 Å². The number of hydrogen-bond acceptors (Lipinski definition) is 7. The van der Waals surface area contributed by atoms with Gasteiger partial charge in [0.15, 0.2) is 5.82 Å². The number of nitrogens with zero attached hydrogens (tertiary/aromatic N) is 6. The van der Waals surface area contributed by atoms with E-state index in [4.69, 9.17) is 0 Å². The van der Waals surface area contributed by atoms with Crippen molar-refractivity contribution in [1.82, 2.24) is 19.7 Å². The highest BCUT2D eigenvalue weighted by molar-refractivity contribution is 5.85. The Morgan fingerprint density at radius 1 is 0.897 bits per heavy atom. The number of aliphatic hydroxyl groups is 2. The molecule has 1 aromatic carbocycles. The van der Waals surface area contributed by atoms with E-state index in [0.29, 0.717) is 18.9 Å². The average molecular weight is 394 g/mol. The van der Waals surface area contributed by atoms with Crippen molar-refractivity contribution in [2.45, 2.75) is 38.9 Å². The molecule has 3 aromatic rings. The monoisotopic (exact) mass is 394 g/mol. The molecule has 5 rings (SSSR count). The van der Waals surface area contributed by atoms with Crippen LogP contribution in [0, 0.1) is 13.8 Å². The van der Waals surface area contributed by atoms with Gasteiger partial charge in [-0.25, -0.2) is 14.6 Å². The van der Waals surface area contributed by atoms with Crippen molar-refractivity contribution < 1.29 is 10.2 Å². The summed E-state index contributed by atoms with van der Waals surface area (Å²) in [6.07, 6.45) is 2.99. The molecule has 2 saturated heterocycles. The Bertz CT molecular complexity index is 1050. The third-order valence-electron chi connectivity index (χ3n) is 5.91. The van der Waals surface area contributed by atoms with Crippen molar-refractivity contribution in [3.8, 4) is 5.82 Å². The SMILES string of the molecule is Cc1nc(N2CC(O)C2)cc(-n2ncc3cc(C)c(N4CCC(O)CC4)cc32)n1. The molecule has 8 nitrogen and oxygen atoms in total. The van der Waals surface area contributed by atoms with Gasteiger partial charge in [-0.1, -0.05) is 0 Å². The van der Waals surface area contributed by atoms with E-state index in [-0.39, 0.29) is 12.2 Å². The Hall–Kier alpha value is -2.71. The molecule has 4 heterocycles. The van der Waals surface area contributed by atoms with Gasteiger partial charge in [0.05, 0.1) is 23.9 Å². The fourth-order valence-corrected chi connectivity index (χ4v) is 4.26. The van der Waals surface area contributed by atoms with Gasteiger partial charge >= 0.3 is 0 Å². The largest absolute Gasteiger partial charge is 0.393 e. The van der Waals surface area contributed by atoms with Crippen molar-refractivity contribution in [3.05, 3.63) is 35.8 Å². The van der Waals surface area contributed by atoms with Crippen LogP contribution >= 0.6 is 0 Å². The zero-order chi connectivity index (χ0) is 20.1. The lowest BCUT2D eigenvalue weighted by Crippen LogP contribution is -2.51. The minimum absolute atomic E-state index is 0.191. The van der Waals surface area contributed by atoms with Crippen LogP contribution in [-0.2, 0) is 0 Å². The van der Waals surface area contributed by atoms with Gasteiger partial charge in [0, 0.05) is 43.3 Å². The highest BCUT2D eigenvalue weighted by Gasteiger charge is 2.26. The maximum Gasteiger partial charge on any atom is 0.159 e. The quantitative estimate of drug-likeness (QED) is 0.697. The smallest absolute Gasteiger partial charge is 0.159 e. The lowest BCUT2D eigenvalue weighted by atomic mass is 10.0. The summed E-state index contributed by atoms with van der Waals surface area (Å²) < 4.78 is 1.87. The zero-order valence-electron chi connectivity index (χ0n) is 16.8. The molecule has 0 spiro atoms. The van der Waals surface area contributed by atoms with Crippen molar-refractivity contribution in [3.63, 3.8) is 0 Å². The number of anilines is 2. The molecule has 29 heavy (non-hydrogen) atoms. The molecule has 2 aromatic heterocycles. The number of hydrogen-bond donors (Lipinski definition) is 2. The van der Waals surface area contributed by atoms with Crippen LogP contribution in [0.15, 0.2) is 24.4 Å². The van der Waals surface area contributed by atoms with Crippen LogP contribution in [-0.4, -0.2) is 68.3 Å². The highest BCUT2D eigenvalue weighted by Crippen LogP contribution is 2.30. The van der Waals surface area contributed by atoms with Gasteiger partial charge in [0.25, 0.3) is 0 Å². The second-order valence-corrected chi connectivity index (χ2v) is 8.16. The Morgan fingerprint density at radius 2 is 1.62 bits per heavy atom. The predicted octanol–water partition coefficient (Wildman–Crippen LogP) is 1.57. The molecule has 0 radical (unpaired) electrons. The first-order chi connectivity index (χ1) is 14.0. The van der Waals surface area contributed by atoms with E-state index in [0.717, 1.165) is 48.5 Å². The van der Waals surface area contributed by atoms with Gasteiger partial charge in [-0.3, -0.25) is 0 Å². The van der Waals surface area contributed by atoms with E-state index in [9.17, 15) is 10.2 Å². The normalized spacial score (nSPS) is 18.5. The minimum Gasteiger partial charge on any atom is -0.393 e. The van der Waals surface area contributed by atoms with E-state index in [2.05, 4.69) is 39.0 Å². The highest BCUT2D eigenvalue weighted by atomic mass is 16.3. The second kappa shape index (κ2) is 6.96. The van der Waals surface area contributed by atoms with Gasteiger partial charge in [0.1, 0.15) is 11.6 Å². The van der Waals surface area contributed by atoms with Crippen LogP contribution in [0.5, 0.6) is 0 Å². The summed E-state index contributed by atoms with van der Waals surface area (Å²) in [6.45, 7) is 6.91. The number of rotatable bonds is 3. The van der Waals surface area contributed by atoms with E-state index in [1.807, 2.05) is 28.8 Å². The van der Waals surface area contributed by atoms with Gasteiger partial charge in [-0.2, -0.15) is 5.10 Å². The molecule has 0 saturated carbocycles. The van der Waals surface area contributed by atoms with Gasteiger partial charge in [-0.15, -0.1) is 0 Å². The number of fused-ring (bicyclic) bond motifs is 1. The molecule has 0 bridgehead atoms. The zero-order valence-corrected chi connectivity index (χ0v) is 16.8. The first kappa shape index (κ1) is 18.3. The topological polar surface area (TPSA) is 90.5 Å². The molecule has 2 fully saturated rings. The third-order valence-corrected chi connectivity index (χ3v) is 5.91. The number of β-amino-alcohol motifs (C(OH)–C–C–N with tert-alkyl or cyclic N) is 1. The Morgan fingerprint density at radius 3 is 2.34 bits per heavy atom. The van der Waals surface area contributed by atoms with Crippen molar-refractivity contribution in [1.29, 1.82) is 0 Å². The predicted molar refractivity (Wildman–Crippen MR) is 112 cm³/mol. The summed E-state index contributed by atoms with van der Waals surface area (Å²) in [7, 11) is 0. The molecule has 0 amide bonds. The lowest BCUT2D eigenvalue weighted by molar-refractivity contribution is 0.141. The summed E-state index contributed by atoms with van der Waals surface area (Å²) in [5.74, 6) is 2.23. The van der Waals surface area contributed by atoms with Crippen molar-refractivity contribution in [2.24, 2.45) is 0 Å². The summed E-state index contributed by atoms with van der Waals surface area (Å²) >= 11 is 0. The summed E-state index contributed by atoms with van der Waals surface area (Å²) in [6, 6.07) is 6.28. The van der Waals surface area contributed by atoms with Crippen LogP contribution < -0.4 is 9.80 Å². The Labute approximate surface area is 169 Å². The summed E-state index contributed by atoms with van der Waals surface area (Å²) in [4.78, 5) is 13.5. The maximum absolute atomic E-state index is 9.84. The molecule has 0 unspecified atom stereocenters. The number of aromatic nitrogens is 4. The summed E-state index contributed by atoms with van der Waals surface area (Å²) in [5.41, 5.74) is 3.40. The first-order valence-corrected chi connectivity index (χ1v) is 10.2. The molecule has 2 N–H and O–H groups in total. The molecule has 2 aliphatic heterocycles. The van der Waals surface area contributed by atoms with Crippen LogP contribution in [0.4, 0.5) is 11.5 Å². The van der Waals surface area contributed by atoms with Gasteiger partial charge < -0.3 is 20.0 Å². The summed E-state index contributed by atoms with van der Waals surface area (Å²) in [5, 5.41) is 25.1. The molecule has 152 valence electrons. The number of aliphatic hydroxyl groups excluding tert-OH is 2. The fraction of sp³-hybridized carbons (Fsp3) is 0.476. The van der Waals surface area contributed by atoms with E-state index >= 15 is 0 Å². The lowest BCUT2D eigenvalue weighted by Gasteiger charge is -2.36. The second-order valence-electron chi connectivity index (χ2n) is 8.16. The molecular weight excluding hydrogens is 368 g/mol. The first-order valence-electron chi connectivity index (χ1n) is 10.2. The maximum atomic E-state index is 9.84. The van der Waals surface area contributed by atoms with Crippen molar-refractivity contribution in [2.75, 3.05) is 36.0 Å². The minimum atomic E-state index is -0.284. The van der Waals surface area contributed by atoms with Crippen LogP contribution in [0.3, 0.4) is 0 Å². The van der Waals surface area contributed by atoms with Crippen LogP contribution in [0.2, 0.25) is 0 Å². The Balaban J connectivity index is 1.55. The van der Waals surface area contributed by atoms with E-state index in [1.165, 1.54) is 11.3 Å². The average Bonchev–Trinajstić information content (AvgIpc) is 3.08. The molecule has 2 aliphatic rings. The van der Waals surface area contributed by atoms with Gasteiger partial charge in [0.2, 0.25) is 0 Å². The van der Waals surface area contributed by atoms with E-state index < -0.39 is 0 Å².